The first kappa shape index (κ1) is 20.6. The Kier molecular flexibility index (Phi) is 9.63. The fraction of sp³-hybridized carbons (Fsp3) is 0.353. The highest BCUT2D eigenvalue weighted by Crippen LogP contribution is 2.25. The number of halogens is 2. The summed E-state index contributed by atoms with van der Waals surface area (Å²) in [4.78, 5) is 4.56. The van der Waals surface area contributed by atoms with E-state index in [-0.39, 0.29) is 24.0 Å². The van der Waals surface area contributed by atoms with Gasteiger partial charge < -0.3 is 19.8 Å². The van der Waals surface area contributed by atoms with Crippen LogP contribution in [0, 0.1) is 0 Å². The summed E-state index contributed by atoms with van der Waals surface area (Å²) in [5.74, 6) is 2.39. The summed E-state index contributed by atoms with van der Waals surface area (Å²) in [5, 5.41) is 7.10. The number of nitrogens with one attached hydrogen (secondary N) is 2. The van der Waals surface area contributed by atoms with Crippen molar-refractivity contribution >= 4 is 41.5 Å². The molecule has 0 fully saturated rings. The van der Waals surface area contributed by atoms with Crippen LogP contribution in [0.25, 0.3) is 0 Å². The maximum absolute atomic E-state index is 6.13. The summed E-state index contributed by atoms with van der Waals surface area (Å²) in [6.07, 6.45) is 2.49. The summed E-state index contributed by atoms with van der Waals surface area (Å²) < 4.78 is 10.5. The van der Waals surface area contributed by atoms with Crippen molar-refractivity contribution in [3.05, 3.63) is 52.9 Å². The Hall–Kier alpha value is -1.41. The molecule has 0 spiro atoms. The molecule has 2 N–H and O–H groups in total. The van der Waals surface area contributed by atoms with Gasteiger partial charge in [-0.3, -0.25) is 0 Å². The summed E-state index contributed by atoms with van der Waals surface area (Å²) in [5.41, 5.74) is 1.03. The van der Waals surface area contributed by atoms with Gasteiger partial charge in [0.25, 0.3) is 0 Å². The van der Waals surface area contributed by atoms with E-state index in [1.165, 1.54) is 0 Å². The van der Waals surface area contributed by atoms with E-state index < -0.39 is 0 Å². The van der Waals surface area contributed by atoms with Gasteiger partial charge >= 0.3 is 0 Å². The maximum Gasteiger partial charge on any atom is 0.191 e. The van der Waals surface area contributed by atoms with Gasteiger partial charge in [0.05, 0.1) is 24.9 Å². The molecule has 0 bridgehead atoms. The normalized spacial score (nSPS) is 10.9. The summed E-state index contributed by atoms with van der Waals surface area (Å²) >= 11 is 6.13. The zero-order valence-electron chi connectivity index (χ0n) is 13.8. The Balaban J connectivity index is 0.00000288. The molecule has 2 aromatic rings. The lowest BCUT2D eigenvalue weighted by Crippen LogP contribution is -2.38. The van der Waals surface area contributed by atoms with E-state index in [0.29, 0.717) is 17.3 Å². The van der Waals surface area contributed by atoms with E-state index in [2.05, 4.69) is 15.6 Å². The maximum atomic E-state index is 6.13. The number of methoxy groups -OCH3 is 1. The predicted molar refractivity (Wildman–Crippen MR) is 109 cm³/mol. The number of hydrogen-bond acceptors (Lipinski definition) is 3. The third-order valence-electron chi connectivity index (χ3n) is 3.22. The fourth-order valence-corrected chi connectivity index (χ4v) is 2.36. The molecule has 1 aromatic carbocycles. The summed E-state index contributed by atoms with van der Waals surface area (Å²) in [6, 6.07) is 9.54. The lowest BCUT2D eigenvalue weighted by molar-refractivity contribution is 0.415. The van der Waals surface area contributed by atoms with Crippen LogP contribution in [-0.4, -0.2) is 26.2 Å². The number of furan rings is 1. The van der Waals surface area contributed by atoms with Gasteiger partial charge in [0.2, 0.25) is 0 Å². The molecule has 24 heavy (non-hydrogen) atoms. The van der Waals surface area contributed by atoms with Crippen LogP contribution in [0.2, 0.25) is 5.02 Å². The van der Waals surface area contributed by atoms with Crippen LogP contribution in [0.15, 0.2) is 46.0 Å². The van der Waals surface area contributed by atoms with E-state index in [4.69, 9.17) is 20.8 Å². The first-order valence-corrected chi connectivity index (χ1v) is 7.97. The highest BCUT2D eigenvalue weighted by atomic mass is 127. The second kappa shape index (κ2) is 11.2. The van der Waals surface area contributed by atoms with Gasteiger partial charge in [0.1, 0.15) is 11.5 Å². The third-order valence-corrected chi connectivity index (χ3v) is 3.52. The van der Waals surface area contributed by atoms with Crippen molar-refractivity contribution in [1.29, 1.82) is 0 Å². The Morgan fingerprint density at radius 3 is 2.75 bits per heavy atom. The minimum absolute atomic E-state index is 0. The minimum atomic E-state index is 0. The summed E-state index contributed by atoms with van der Waals surface area (Å²) in [7, 11) is 1.60. The van der Waals surface area contributed by atoms with E-state index in [1.54, 1.807) is 13.4 Å². The smallest absolute Gasteiger partial charge is 0.191 e. The molecule has 7 heteroatoms. The Morgan fingerprint density at radius 1 is 1.29 bits per heavy atom. The van der Waals surface area contributed by atoms with E-state index in [1.807, 2.05) is 37.3 Å². The average molecular weight is 464 g/mol. The Labute approximate surface area is 164 Å². The van der Waals surface area contributed by atoms with Crippen LogP contribution >= 0.6 is 35.6 Å². The van der Waals surface area contributed by atoms with Crippen molar-refractivity contribution in [3.8, 4) is 5.75 Å². The van der Waals surface area contributed by atoms with Gasteiger partial charge in [-0.25, -0.2) is 4.99 Å². The van der Waals surface area contributed by atoms with Gasteiger partial charge in [0, 0.05) is 19.5 Å². The van der Waals surface area contributed by atoms with Crippen LogP contribution in [0.1, 0.15) is 18.2 Å². The second-order valence-corrected chi connectivity index (χ2v) is 5.33. The summed E-state index contributed by atoms with van der Waals surface area (Å²) in [6.45, 7) is 4.13. The van der Waals surface area contributed by atoms with Crippen molar-refractivity contribution in [1.82, 2.24) is 10.6 Å². The van der Waals surface area contributed by atoms with Crippen LogP contribution in [0.5, 0.6) is 5.75 Å². The van der Waals surface area contributed by atoms with Gasteiger partial charge in [-0.1, -0.05) is 17.7 Å². The first-order chi connectivity index (χ1) is 11.2. The van der Waals surface area contributed by atoms with Gasteiger partial charge in [-0.05, 0) is 36.8 Å². The molecule has 0 amide bonds. The Bertz CT molecular complexity index is 633. The van der Waals surface area contributed by atoms with Crippen molar-refractivity contribution < 1.29 is 9.15 Å². The van der Waals surface area contributed by atoms with Gasteiger partial charge in [-0.2, -0.15) is 0 Å². The van der Waals surface area contributed by atoms with E-state index in [0.717, 1.165) is 36.8 Å². The zero-order valence-corrected chi connectivity index (χ0v) is 16.9. The molecule has 1 heterocycles. The quantitative estimate of drug-likeness (QED) is 0.372. The zero-order chi connectivity index (χ0) is 16.5. The van der Waals surface area contributed by atoms with Crippen LogP contribution in [0.3, 0.4) is 0 Å². The van der Waals surface area contributed by atoms with Gasteiger partial charge in [0.15, 0.2) is 5.96 Å². The van der Waals surface area contributed by atoms with Gasteiger partial charge in [-0.15, -0.1) is 24.0 Å². The number of rotatable bonds is 7. The minimum Gasteiger partial charge on any atom is -0.495 e. The standard InChI is InChI=1S/C17H22ClN3O2.HI/c1-3-19-17(20-9-8-14-5-4-10-23-14)21-12-13-6-7-16(22-2)15(18)11-13;/h4-7,10-11H,3,8-9,12H2,1-2H3,(H2,19,20,21);1H. The molecule has 1 aromatic heterocycles. The molecule has 5 nitrogen and oxygen atoms in total. The van der Waals surface area contributed by atoms with Crippen LogP contribution in [-0.2, 0) is 13.0 Å². The fourth-order valence-electron chi connectivity index (χ4n) is 2.08. The van der Waals surface area contributed by atoms with Crippen LogP contribution < -0.4 is 15.4 Å². The highest BCUT2D eigenvalue weighted by Gasteiger charge is 2.03. The number of nitrogens with zero attached hydrogens (tertiary/aromatic N) is 1. The number of aliphatic imine (C=N–C) groups is 1. The van der Waals surface area contributed by atoms with E-state index >= 15 is 0 Å². The lowest BCUT2D eigenvalue weighted by Gasteiger charge is -2.11. The number of guanidine groups is 1. The molecule has 132 valence electrons. The molecule has 0 aliphatic carbocycles. The van der Waals surface area contributed by atoms with Crippen molar-refractivity contribution in [2.75, 3.05) is 20.2 Å². The molecular formula is C17H23ClIN3O2. The lowest BCUT2D eigenvalue weighted by atomic mass is 10.2. The predicted octanol–water partition coefficient (Wildman–Crippen LogP) is 3.86. The molecule has 0 atom stereocenters. The topological polar surface area (TPSA) is 58.8 Å². The molecule has 0 radical (unpaired) electrons. The molecule has 2 rings (SSSR count). The molecule has 0 saturated carbocycles. The second-order valence-electron chi connectivity index (χ2n) is 4.92. The number of benzene rings is 1. The molecular weight excluding hydrogens is 441 g/mol. The molecule has 0 aliphatic rings. The monoisotopic (exact) mass is 463 g/mol. The van der Waals surface area contributed by atoms with Crippen molar-refractivity contribution in [3.63, 3.8) is 0 Å². The largest absolute Gasteiger partial charge is 0.495 e. The molecule has 0 unspecified atom stereocenters. The average Bonchev–Trinajstić information content (AvgIpc) is 3.06. The van der Waals surface area contributed by atoms with Crippen molar-refractivity contribution in [2.45, 2.75) is 19.9 Å². The van der Waals surface area contributed by atoms with Crippen molar-refractivity contribution in [2.24, 2.45) is 4.99 Å². The highest BCUT2D eigenvalue weighted by molar-refractivity contribution is 14.0. The van der Waals surface area contributed by atoms with Crippen LogP contribution in [0.4, 0.5) is 0 Å². The first-order valence-electron chi connectivity index (χ1n) is 7.60. The number of hydrogen-bond donors (Lipinski definition) is 2. The SMILES string of the molecule is CCNC(=NCc1ccc(OC)c(Cl)c1)NCCc1ccco1.I. The Morgan fingerprint density at radius 2 is 2.12 bits per heavy atom. The molecule has 0 aliphatic heterocycles. The molecule has 0 saturated heterocycles. The third kappa shape index (κ3) is 6.60. The number of ether oxygens (including phenoxy) is 1. The van der Waals surface area contributed by atoms with E-state index in [9.17, 15) is 0 Å².